The van der Waals surface area contributed by atoms with Crippen molar-refractivity contribution in [2.75, 3.05) is 5.32 Å². The molecule has 0 spiro atoms. The standard InChI is InChI=1S/C21H26ClN5/c1-20(2)10-14(11-21(3,4)27-20)25-19-23-8-7-17(26-19)16-12-24-18-9-13(22)5-6-15(16)18/h5-9,12,14,24,27H,10-11H2,1-4H3,(H,23,25,26). The normalized spacial score (nSPS) is 19.3. The molecule has 27 heavy (non-hydrogen) atoms. The highest BCUT2D eigenvalue weighted by molar-refractivity contribution is 6.31. The van der Waals surface area contributed by atoms with E-state index in [1.807, 2.05) is 36.7 Å². The Morgan fingerprint density at radius 2 is 1.85 bits per heavy atom. The predicted octanol–water partition coefficient (Wildman–Crippen LogP) is 5.00. The van der Waals surface area contributed by atoms with Crippen LogP contribution in [0.5, 0.6) is 0 Å². The summed E-state index contributed by atoms with van der Waals surface area (Å²) in [6.45, 7) is 8.99. The molecule has 0 amide bonds. The van der Waals surface area contributed by atoms with Crippen LogP contribution in [-0.4, -0.2) is 32.1 Å². The van der Waals surface area contributed by atoms with Gasteiger partial charge in [0.2, 0.25) is 5.95 Å². The summed E-state index contributed by atoms with van der Waals surface area (Å²) in [7, 11) is 0. The summed E-state index contributed by atoms with van der Waals surface area (Å²) in [6.07, 6.45) is 5.84. The third-order valence-electron chi connectivity index (χ3n) is 5.10. The van der Waals surface area contributed by atoms with E-state index in [-0.39, 0.29) is 11.1 Å². The highest BCUT2D eigenvalue weighted by atomic mass is 35.5. The van der Waals surface area contributed by atoms with Crippen molar-refractivity contribution in [2.24, 2.45) is 0 Å². The van der Waals surface area contributed by atoms with Crippen LogP contribution in [0, 0.1) is 0 Å². The van der Waals surface area contributed by atoms with Crippen molar-refractivity contribution in [3.8, 4) is 11.3 Å². The lowest BCUT2D eigenvalue weighted by atomic mass is 9.80. The first-order valence-corrected chi connectivity index (χ1v) is 9.75. The van der Waals surface area contributed by atoms with Crippen LogP contribution in [0.1, 0.15) is 40.5 Å². The maximum atomic E-state index is 6.09. The van der Waals surface area contributed by atoms with Gasteiger partial charge in [-0.3, -0.25) is 0 Å². The van der Waals surface area contributed by atoms with Crippen molar-refractivity contribution < 1.29 is 0 Å². The molecule has 0 unspecified atom stereocenters. The zero-order chi connectivity index (χ0) is 19.2. The Labute approximate surface area is 165 Å². The minimum atomic E-state index is 0.0765. The van der Waals surface area contributed by atoms with Crippen molar-refractivity contribution in [2.45, 2.75) is 57.7 Å². The molecule has 6 heteroatoms. The van der Waals surface area contributed by atoms with E-state index in [1.54, 1.807) is 0 Å². The van der Waals surface area contributed by atoms with Crippen LogP contribution in [-0.2, 0) is 0 Å². The SMILES string of the molecule is CC1(C)CC(Nc2nccc(-c3c[nH]c4cc(Cl)ccc34)n2)CC(C)(C)N1. The molecule has 2 aromatic heterocycles. The van der Waals surface area contributed by atoms with Crippen molar-refractivity contribution in [1.82, 2.24) is 20.3 Å². The van der Waals surface area contributed by atoms with Gasteiger partial charge in [0, 0.05) is 51.0 Å². The second kappa shape index (κ2) is 6.50. The van der Waals surface area contributed by atoms with E-state index < -0.39 is 0 Å². The third-order valence-corrected chi connectivity index (χ3v) is 5.33. The van der Waals surface area contributed by atoms with Gasteiger partial charge in [0.25, 0.3) is 0 Å². The second-order valence-corrected chi connectivity index (χ2v) is 9.24. The number of nitrogens with zero attached hydrogens (tertiary/aromatic N) is 2. The second-order valence-electron chi connectivity index (χ2n) is 8.80. The number of hydrogen-bond donors (Lipinski definition) is 3. The van der Waals surface area contributed by atoms with E-state index in [9.17, 15) is 0 Å². The molecule has 4 rings (SSSR count). The number of aromatic nitrogens is 3. The van der Waals surface area contributed by atoms with Gasteiger partial charge in [-0.15, -0.1) is 0 Å². The molecule has 142 valence electrons. The molecule has 3 heterocycles. The van der Waals surface area contributed by atoms with Crippen molar-refractivity contribution in [1.29, 1.82) is 0 Å². The first-order chi connectivity index (χ1) is 12.7. The highest BCUT2D eigenvalue weighted by Crippen LogP contribution is 2.32. The zero-order valence-electron chi connectivity index (χ0n) is 16.2. The number of fused-ring (bicyclic) bond motifs is 1. The van der Waals surface area contributed by atoms with Crippen LogP contribution in [0.15, 0.2) is 36.7 Å². The average molecular weight is 384 g/mol. The molecule has 0 saturated carbocycles. The van der Waals surface area contributed by atoms with E-state index in [2.05, 4.69) is 48.3 Å². The molecule has 1 fully saturated rings. The number of halogens is 1. The Morgan fingerprint density at radius 1 is 1.11 bits per heavy atom. The van der Waals surface area contributed by atoms with Crippen LogP contribution < -0.4 is 10.6 Å². The number of anilines is 1. The molecule has 0 bridgehead atoms. The third kappa shape index (κ3) is 3.94. The predicted molar refractivity (Wildman–Crippen MR) is 112 cm³/mol. The van der Waals surface area contributed by atoms with Gasteiger partial charge in [0.05, 0.1) is 5.69 Å². The van der Waals surface area contributed by atoms with Crippen LogP contribution in [0.2, 0.25) is 5.02 Å². The number of hydrogen-bond acceptors (Lipinski definition) is 4. The smallest absolute Gasteiger partial charge is 0.223 e. The fourth-order valence-corrected chi connectivity index (χ4v) is 4.67. The molecule has 0 aliphatic carbocycles. The van der Waals surface area contributed by atoms with Crippen molar-refractivity contribution >= 4 is 28.5 Å². The van der Waals surface area contributed by atoms with E-state index in [0.29, 0.717) is 12.0 Å². The topological polar surface area (TPSA) is 65.6 Å². The van der Waals surface area contributed by atoms with E-state index in [4.69, 9.17) is 16.6 Å². The Hall–Kier alpha value is -2.11. The largest absolute Gasteiger partial charge is 0.360 e. The number of aromatic amines is 1. The van der Waals surface area contributed by atoms with Gasteiger partial charge < -0.3 is 15.6 Å². The van der Waals surface area contributed by atoms with Gasteiger partial charge in [0.1, 0.15) is 0 Å². The van der Waals surface area contributed by atoms with Gasteiger partial charge in [-0.25, -0.2) is 9.97 Å². The monoisotopic (exact) mass is 383 g/mol. The molecule has 5 nitrogen and oxygen atoms in total. The number of H-pyrrole nitrogens is 1. The molecular formula is C21H26ClN5. The van der Waals surface area contributed by atoms with Gasteiger partial charge in [-0.2, -0.15) is 0 Å². The molecule has 0 atom stereocenters. The Balaban J connectivity index is 1.61. The molecule has 1 saturated heterocycles. The summed E-state index contributed by atoms with van der Waals surface area (Å²) >= 11 is 6.09. The fraction of sp³-hybridized carbons (Fsp3) is 0.429. The van der Waals surface area contributed by atoms with Gasteiger partial charge in [0.15, 0.2) is 0 Å². The molecular weight excluding hydrogens is 358 g/mol. The molecule has 3 aromatic rings. The average Bonchev–Trinajstić information content (AvgIpc) is 2.95. The first-order valence-electron chi connectivity index (χ1n) is 9.37. The van der Waals surface area contributed by atoms with E-state index in [0.717, 1.165) is 40.0 Å². The molecule has 1 aliphatic rings. The van der Waals surface area contributed by atoms with Crippen LogP contribution >= 0.6 is 11.6 Å². The molecule has 0 radical (unpaired) electrons. The highest BCUT2D eigenvalue weighted by Gasteiger charge is 2.37. The van der Waals surface area contributed by atoms with Crippen LogP contribution in [0.3, 0.4) is 0 Å². The van der Waals surface area contributed by atoms with E-state index >= 15 is 0 Å². The number of rotatable bonds is 3. The van der Waals surface area contributed by atoms with Crippen molar-refractivity contribution in [3.63, 3.8) is 0 Å². The number of nitrogens with one attached hydrogen (secondary N) is 3. The Morgan fingerprint density at radius 3 is 2.59 bits per heavy atom. The Kier molecular flexibility index (Phi) is 4.40. The summed E-state index contributed by atoms with van der Waals surface area (Å²) in [5.41, 5.74) is 3.11. The zero-order valence-corrected chi connectivity index (χ0v) is 17.0. The summed E-state index contributed by atoms with van der Waals surface area (Å²) in [5, 5.41) is 9.09. The molecule has 1 aliphatic heterocycles. The number of piperidine rings is 1. The number of benzene rings is 1. The van der Waals surface area contributed by atoms with E-state index in [1.165, 1.54) is 0 Å². The summed E-state index contributed by atoms with van der Waals surface area (Å²) in [5.74, 6) is 0.675. The quantitative estimate of drug-likeness (QED) is 0.595. The fourth-order valence-electron chi connectivity index (χ4n) is 4.50. The van der Waals surface area contributed by atoms with Gasteiger partial charge in [-0.1, -0.05) is 17.7 Å². The lowest BCUT2D eigenvalue weighted by molar-refractivity contribution is 0.170. The first kappa shape index (κ1) is 18.3. The molecule has 1 aromatic carbocycles. The minimum Gasteiger partial charge on any atom is -0.360 e. The lowest BCUT2D eigenvalue weighted by Gasteiger charge is -2.46. The summed E-state index contributed by atoms with van der Waals surface area (Å²) < 4.78 is 0. The summed E-state index contributed by atoms with van der Waals surface area (Å²) in [4.78, 5) is 12.5. The van der Waals surface area contributed by atoms with Gasteiger partial charge in [-0.05, 0) is 58.7 Å². The van der Waals surface area contributed by atoms with Crippen LogP contribution in [0.25, 0.3) is 22.2 Å². The van der Waals surface area contributed by atoms with Crippen molar-refractivity contribution in [3.05, 3.63) is 41.7 Å². The Bertz CT molecular complexity index is 960. The maximum Gasteiger partial charge on any atom is 0.223 e. The lowest BCUT2D eigenvalue weighted by Crippen LogP contribution is -2.60. The van der Waals surface area contributed by atoms with Crippen LogP contribution in [0.4, 0.5) is 5.95 Å². The summed E-state index contributed by atoms with van der Waals surface area (Å²) in [6, 6.07) is 8.13. The molecule has 3 N–H and O–H groups in total. The van der Waals surface area contributed by atoms with Gasteiger partial charge >= 0.3 is 0 Å². The minimum absolute atomic E-state index is 0.0765. The maximum absolute atomic E-state index is 6.09.